The van der Waals surface area contributed by atoms with E-state index in [2.05, 4.69) is 10.2 Å². The predicted molar refractivity (Wildman–Crippen MR) is 123 cm³/mol. The molecule has 1 spiro atoms. The first-order valence-corrected chi connectivity index (χ1v) is 11.8. The molecule has 4 atom stereocenters. The molecule has 6 rings (SSSR count). The Balaban J connectivity index is 1.45. The van der Waals surface area contributed by atoms with Crippen molar-refractivity contribution in [1.82, 2.24) is 4.90 Å². The molecule has 34 heavy (non-hydrogen) atoms. The summed E-state index contributed by atoms with van der Waals surface area (Å²) < 4.78 is 5.01. The molecule has 4 aliphatic heterocycles. The molecule has 0 aliphatic carbocycles. The Morgan fingerprint density at radius 2 is 1.91 bits per heavy atom. The quantitative estimate of drug-likeness (QED) is 0.537. The molecule has 0 saturated carbocycles. The predicted octanol–water partition coefficient (Wildman–Crippen LogP) is 2.95. The molecule has 1 N–H and O–H groups in total. The summed E-state index contributed by atoms with van der Waals surface area (Å²) >= 11 is 6.31. The van der Waals surface area contributed by atoms with Gasteiger partial charge in [0, 0.05) is 22.3 Å². The SMILES string of the molecule is CCOC(=O)c1ccc(N2C(=O)[C@H]3[C@H]4CCCN4[C@@]4(C(=O)Nc5ccc(Cl)cc54)[C@@H]3C2=O)cc1. The van der Waals surface area contributed by atoms with Crippen molar-refractivity contribution in [2.24, 2.45) is 11.8 Å². The topological polar surface area (TPSA) is 96.0 Å². The van der Waals surface area contributed by atoms with Gasteiger partial charge in [-0.15, -0.1) is 0 Å². The highest BCUT2D eigenvalue weighted by Gasteiger charge is 2.74. The van der Waals surface area contributed by atoms with Gasteiger partial charge in [0.05, 0.1) is 29.7 Å². The maximum absolute atomic E-state index is 13.9. The van der Waals surface area contributed by atoms with Crippen LogP contribution < -0.4 is 10.2 Å². The van der Waals surface area contributed by atoms with E-state index in [-0.39, 0.29) is 24.5 Å². The summed E-state index contributed by atoms with van der Waals surface area (Å²) in [4.78, 5) is 56.5. The first-order chi connectivity index (χ1) is 16.4. The average Bonchev–Trinajstić information content (AvgIpc) is 3.53. The molecule has 0 aromatic heterocycles. The summed E-state index contributed by atoms with van der Waals surface area (Å²) in [5.74, 6) is -2.95. The van der Waals surface area contributed by atoms with Crippen molar-refractivity contribution in [3.8, 4) is 0 Å². The van der Waals surface area contributed by atoms with Crippen LogP contribution in [0.2, 0.25) is 5.02 Å². The zero-order valence-electron chi connectivity index (χ0n) is 18.4. The van der Waals surface area contributed by atoms with Gasteiger partial charge in [-0.3, -0.25) is 19.3 Å². The van der Waals surface area contributed by atoms with E-state index in [9.17, 15) is 19.2 Å². The minimum Gasteiger partial charge on any atom is -0.462 e. The van der Waals surface area contributed by atoms with Gasteiger partial charge in [-0.1, -0.05) is 11.6 Å². The van der Waals surface area contributed by atoms with Crippen LogP contribution in [0.1, 0.15) is 35.7 Å². The number of nitrogens with one attached hydrogen (secondary N) is 1. The van der Waals surface area contributed by atoms with E-state index in [1.54, 1.807) is 37.3 Å². The maximum atomic E-state index is 13.9. The molecule has 3 saturated heterocycles. The van der Waals surface area contributed by atoms with Crippen molar-refractivity contribution in [2.45, 2.75) is 31.3 Å². The number of carbonyl (C=O) groups excluding carboxylic acids is 4. The zero-order chi connectivity index (χ0) is 23.8. The highest BCUT2D eigenvalue weighted by molar-refractivity contribution is 6.31. The number of hydrogen-bond donors (Lipinski definition) is 1. The van der Waals surface area contributed by atoms with Crippen molar-refractivity contribution < 1.29 is 23.9 Å². The number of amides is 3. The fraction of sp³-hybridized carbons (Fsp3) is 0.360. The van der Waals surface area contributed by atoms with Gasteiger partial charge < -0.3 is 10.1 Å². The summed E-state index contributed by atoms with van der Waals surface area (Å²) in [5.41, 5.74) is 0.727. The molecule has 9 heteroatoms. The van der Waals surface area contributed by atoms with Gasteiger partial charge in [-0.2, -0.15) is 0 Å². The van der Waals surface area contributed by atoms with Crippen LogP contribution in [-0.4, -0.2) is 47.8 Å². The Morgan fingerprint density at radius 1 is 1.15 bits per heavy atom. The number of carbonyl (C=O) groups is 4. The van der Waals surface area contributed by atoms with E-state index in [1.165, 1.54) is 17.0 Å². The average molecular weight is 480 g/mol. The van der Waals surface area contributed by atoms with E-state index >= 15 is 0 Å². The Labute approximate surface area is 200 Å². The Kier molecular flexibility index (Phi) is 4.63. The number of rotatable bonds is 3. The second-order valence-corrected chi connectivity index (χ2v) is 9.53. The fourth-order valence-electron chi connectivity index (χ4n) is 6.39. The number of anilines is 2. The lowest BCUT2D eigenvalue weighted by atomic mass is 9.75. The summed E-state index contributed by atoms with van der Waals surface area (Å²) in [7, 11) is 0. The summed E-state index contributed by atoms with van der Waals surface area (Å²) in [6, 6.07) is 11.2. The van der Waals surface area contributed by atoms with Crippen LogP contribution in [0.5, 0.6) is 0 Å². The van der Waals surface area contributed by atoms with Crippen molar-refractivity contribution >= 4 is 46.7 Å². The lowest BCUT2D eigenvalue weighted by Gasteiger charge is -2.36. The largest absolute Gasteiger partial charge is 0.462 e. The molecule has 174 valence electrons. The Morgan fingerprint density at radius 3 is 2.65 bits per heavy atom. The number of halogens is 1. The third-order valence-electron chi connectivity index (χ3n) is 7.59. The standard InChI is InChI=1S/C25H22ClN3O5/c1-2-34-23(32)13-5-8-15(9-6-13)29-21(30)19-18-4-3-11-28(18)25(20(19)22(29)31)16-12-14(26)7-10-17(16)27-24(25)33/h5-10,12,18-20H,2-4,11H2,1H3,(H,27,33)/t18-,19+,20+,25-/m1/s1. The molecule has 8 nitrogen and oxygen atoms in total. The van der Waals surface area contributed by atoms with Crippen molar-refractivity contribution in [3.05, 3.63) is 58.6 Å². The lowest BCUT2D eigenvalue weighted by Crippen LogP contribution is -2.54. The molecule has 2 aromatic rings. The summed E-state index contributed by atoms with van der Waals surface area (Å²) in [6.07, 6.45) is 1.58. The van der Waals surface area contributed by atoms with Crippen LogP contribution in [0.3, 0.4) is 0 Å². The van der Waals surface area contributed by atoms with Gasteiger partial charge >= 0.3 is 5.97 Å². The smallest absolute Gasteiger partial charge is 0.338 e. The fourth-order valence-corrected chi connectivity index (χ4v) is 6.56. The van der Waals surface area contributed by atoms with Gasteiger partial charge in [0.25, 0.3) is 0 Å². The second-order valence-electron chi connectivity index (χ2n) is 9.10. The number of fused-ring (bicyclic) bond motifs is 7. The summed E-state index contributed by atoms with van der Waals surface area (Å²) in [6.45, 7) is 2.60. The summed E-state index contributed by atoms with van der Waals surface area (Å²) in [5, 5.41) is 3.40. The van der Waals surface area contributed by atoms with E-state index in [0.717, 1.165) is 12.8 Å². The van der Waals surface area contributed by atoms with Gasteiger partial charge in [0.1, 0.15) is 5.54 Å². The van der Waals surface area contributed by atoms with Crippen LogP contribution in [0.25, 0.3) is 0 Å². The van der Waals surface area contributed by atoms with E-state index < -0.39 is 29.3 Å². The molecule has 2 aromatic carbocycles. The van der Waals surface area contributed by atoms with Crippen LogP contribution in [0.15, 0.2) is 42.5 Å². The number of esters is 1. The third kappa shape index (κ3) is 2.58. The lowest BCUT2D eigenvalue weighted by molar-refractivity contribution is -0.135. The third-order valence-corrected chi connectivity index (χ3v) is 7.83. The molecule has 0 unspecified atom stereocenters. The van der Waals surface area contributed by atoms with E-state index in [0.29, 0.717) is 34.1 Å². The monoisotopic (exact) mass is 479 g/mol. The number of benzene rings is 2. The molecular formula is C25H22ClN3O5. The Hall–Kier alpha value is -3.23. The number of ether oxygens (including phenoxy) is 1. The second kappa shape index (κ2) is 7.38. The van der Waals surface area contributed by atoms with E-state index in [1.807, 2.05) is 0 Å². The molecule has 3 fully saturated rings. The molecule has 0 radical (unpaired) electrons. The van der Waals surface area contributed by atoms with Gasteiger partial charge in [-0.25, -0.2) is 9.69 Å². The van der Waals surface area contributed by atoms with Gasteiger partial charge in [-0.05, 0) is 68.8 Å². The number of hydrogen-bond acceptors (Lipinski definition) is 6. The molecule has 0 bridgehead atoms. The first-order valence-electron chi connectivity index (χ1n) is 11.4. The van der Waals surface area contributed by atoms with Crippen LogP contribution in [0, 0.1) is 11.8 Å². The van der Waals surface area contributed by atoms with Crippen LogP contribution in [0.4, 0.5) is 11.4 Å². The Bertz CT molecular complexity index is 1260. The minimum atomic E-state index is -1.27. The minimum absolute atomic E-state index is 0.207. The molecular weight excluding hydrogens is 458 g/mol. The number of nitrogens with zero attached hydrogens (tertiary/aromatic N) is 2. The molecule has 4 heterocycles. The van der Waals surface area contributed by atoms with E-state index in [4.69, 9.17) is 16.3 Å². The highest BCUT2D eigenvalue weighted by atomic mass is 35.5. The molecule has 3 amide bonds. The van der Waals surface area contributed by atoms with Gasteiger partial charge in [0.15, 0.2) is 0 Å². The normalized spacial score (nSPS) is 29.4. The van der Waals surface area contributed by atoms with Gasteiger partial charge in [0.2, 0.25) is 17.7 Å². The maximum Gasteiger partial charge on any atom is 0.338 e. The first kappa shape index (κ1) is 21.3. The highest BCUT2D eigenvalue weighted by Crippen LogP contribution is 2.60. The number of imide groups is 1. The molecule has 4 aliphatic rings. The van der Waals surface area contributed by atoms with Crippen LogP contribution in [-0.2, 0) is 24.7 Å². The van der Waals surface area contributed by atoms with Crippen LogP contribution >= 0.6 is 11.6 Å². The van der Waals surface area contributed by atoms with Crippen molar-refractivity contribution in [3.63, 3.8) is 0 Å². The van der Waals surface area contributed by atoms with Crippen molar-refractivity contribution in [1.29, 1.82) is 0 Å². The zero-order valence-corrected chi connectivity index (χ0v) is 19.2. The van der Waals surface area contributed by atoms with Crippen molar-refractivity contribution in [2.75, 3.05) is 23.4 Å².